The number of hydrogen-bond donors (Lipinski definition) is 2. The minimum absolute atomic E-state index is 0.0344. The average Bonchev–Trinajstić information content (AvgIpc) is 2.96. The lowest BCUT2D eigenvalue weighted by Crippen LogP contribution is -2.48. The highest BCUT2D eigenvalue weighted by Gasteiger charge is 2.57. The van der Waals surface area contributed by atoms with Crippen LogP contribution in [0.3, 0.4) is 0 Å². The topological polar surface area (TPSA) is 58.6 Å². The maximum Gasteiger partial charge on any atom is 0.407 e. The third kappa shape index (κ3) is 2.60. The molecule has 2 fully saturated rings. The summed E-state index contributed by atoms with van der Waals surface area (Å²) in [5, 5.41) is 12.5. The molecule has 0 bridgehead atoms. The molecular weight excluding hydrogens is 326 g/mol. The quantitative estimate of drug-likeness (QED) is 0.813. The molecule has 0 heterocycles. The van der Waals surface area contributed by atoms with Crippen LogP contribution in [0.2, 0.25) is 0 Å². The summed E-state index contributed by atoms with van der Waals surface area (Å²) in [6.45, 7) is 4.66. The van der Waals surface area contributed by atoms with Crippen LogP contribution < -0.4 is 5.32 Å². The van der Waals surface area contributed by atoms with E-state index in [0.717, 1.165) is 32.1 Å². The first-order chi connectivity index (χ1) is 12.5. The maximum absolute atomic E-state index is 11.8. The van der Waals surface area contributed by atoms with Crippen LogP contribution in [0, 0.1) is 23.2 Å². The van der Waals surface area contributed by atoms with Crippen molar-refractivity contribution in [2.75, 3.05) is 7.05 Å². The molecule has 26 heavy (non-hydrogen) atoms. The molecule has 3 aliphatic rings. The fourth-order valence-electron chi connectivity index (χ4n) is 6.51. The van der Waals surface area contributed by atoms with Crippen molar-refractivity contribution in [1.82, 2.24) is 5.32 Å². The minimum atomic E-state index is -0.296. The van der Waals surface area contributed by atoms with E-state index in [4.69, 9.17) is 4.74 Å². The largest absolute Gasteiger partial charge is 0.508 e. The molecular formula is C22H31NO3. The monoisotopic (exact) mass is 357 g/mol. The van der Waals surface area contributed by atoms with E-state index in [1.165, 1.54) is 17.5 Å². The third-order valence-electron chi connectivity index (χ3n) is 7.78. The summed E-state index contributed by atoms with van der Waals surface area (Å²) < 4.78 is 5.78. The maximum atomic E-state index is 11.8. The van der Waals surface area contributed by atoms with Crippen LogP contribution in [0.15, 0.2) is 18.2 Å². The van der Waals surface area contributed by atoms with Crippen molar-refractivity contribution in [3.63, 3.8) is 0 Å². The number of amides is 1. The van der Waals surface area contributed by atoms with Gasteiger partial charge in [-0.2, -0.15) is 0 Å². The SMILES string of the molecule is CC[C@@H]1Cc2cc(O)ccc2C2CC[C@@]3(C)C(CC[C@@H]3OC(=O)NC)C21. The number of rotatable bonds is 2. The van der Waals surface area contributed by atoms with E-state index in [1.807, 2.05) is 12.1 Å². The predicted octanol–water partition coefficient (Wildman–Crippen LogP) is 4.61. The number of ether oxygens (including phenoxy) is 1. The molecule has 4 heteroatoms. The van der Waals surface area contributed by atoms with Gasteiger partial charge in [-0.25, -0.2) is 4.79 Å². The minimum Gasteiger partial charge on any atom is -0.508 e. The van der Waals surface area contributed by atoms with Crippen LogP contribution >= 0.6 is 0 Å². The molecule has 3 unspecified atom stereocenters. The van der Waals surface area contributed by atoms with Gasteiger partial charge in [0.1, 0.15) is 11.9 Å². The first-order valence-corrected chi connectivity index (χ1v) is 10.2. The summed E-state index contributed by atoms with van der Waals surface area (Å²) in [6.07, 6.45) is 6.37. The van der Waals surface area contributed by atoms with E-state index in [-0.39, 0.29) is 17.6 Å². The molecule has 0 aliphatic heterocycles. The predicted molar refractivity (Wildman–Crippen MR) is 101 cm³/mol. The van der Waals surface area contributed by atoms with Gasteiger partial charge >= 0.3 is 6.09 Å². The van der Waals surface area contributed by atoms with E-state index >= 15 is 0 Å². The number of carbonyl (C=O) groups is 1. The fraction of sp³-hybridized carbons (Fsp3) is 0.682. The number of carbonyl (C=O) groups excluding carboxylic acids is 1. The van der Waals surface area contributed by atoms with Gasteiger partial charge in [0.2, 0.25) is 0 Å². The summed E-state index contributed by atoms with van der Waals surface area (Å²) in [5.74, 6) is 2.90. The summed E-state index contributed by atoms with van der Waals surface area (Å²) in [5.41, 5.74) is 2.89. The van der Waals surface area contributed by atoms with Crippen molar-refractivity contribution in [3.05, 3.63) is 29.3 Å². The zero-order valence-corrected chi connectivity index (χ0v) is 16.1. The zero-order valence-electron chi connectivity index (χ0n) is 16.1. The molecule has 142 valence electrons. The number of alkyl carbamates (subject to hydrolysis) is 1. The molecule has 0 aromatic heterocycles. The Balaban J connectivity index is 1.67. The molecule has 1 aromatic carbocycles. The van der Waals surface area contributed by atoms with E-state index in [2.05, 4.69) is 25.2 Å². The second-order valence-electron chi connectivity index (χ2n) is 8.81. The molecule has 1 aromatic rings. The van der Waals surface area contributed by atoms with Crippen molar-refractivity contribution in [2.45, 2.75) is 64.4 Å². The van der Waals surface area contributed by atoms with Crippen molar-refractivity contribution in [1.29, 1.82) is 0 Å². The van der Waals surface area contributed by atoms with E-state index < -0.39 is 0 Å². The summed E-state index contributed by atoms with van der Waals surface area (Å²) in [7, 11) is 1.63. The fourth-order valence-corrected chi connectivity index (χ4v) is 6.51. The Morgan fingerprint density at radius 3 is 2.88 bits per heavy atom. The Kier molecular flexibility index (Phi) is 4.40. The number of phenolic OH excluding ortho intramolecular Hbond substituents is 1. The Labute approximate surface area is 156 Å². The van der Waals surface area contributed by atoms with E-state index in [0.29, 0.717) is 29.4 Å². The van der Waals surface area contributed by atoms with Crippen LogP contribution in [0.4, 0.5) is 4.79 Å². The number of hydrogen-bond acceptors (Lipinski definition) is 3. The second kappa shape index (κ2) is 6.47. The molecule has 4 nitrogen and oxygen atoms in total. The lowest BCUT2D eigenvalue weighted by molar-refractivity contribution is -0.0446. The lowest BCUT2D eigenvalue weighted by Gasteiger charge is -2.53. The van der Waals surface area contributed by atoms with Gasteiger partial charge in [0.15, 0.2) is 0 Å². The van der Waals surface area contributed by atoms with Crippen LogP contribution in [-0.2, 0) is 11.2 Å². The Morgan fingerprint density at radius 1 is 1.35 bits per heavy atom. The van der Waals surface area contributed by atoms with Crippen LogP contribution in [0.25, 0.3) is 0 Å². The first-order valence-electron chi connectivity index (χ1n) is 10.2. The van der Waals surface area contributed by atoms with E-state index in [9.17, 15) is 9.90 Å². The van der Waals surface area contributed by atoms with Gasteiger partial charge in [-0.1, -0.05) is 26.3 Å². The van der Waals surface area contributed by atoms with Gasteiger partial charge in [0.05, 0.1) is 0 Å². The molecule has 0 spiro atoms. The standard InChI is InChI=1S/C22H31NO3/c1-4-13-11-14-12-15(24)5-6-16(14)17-9-10-22(2)18(20(13)17)7-8-19(22)26-21(25)23-3/h5-6,12-13,17-20,24H,4,7-11H2,1-3H3,(H,23,25)/t13-,17?,18?,19+,20?,22+/m1/s1. The highest BCUT2D eigenvalue weighted by molar-refractivity contribution is 5.67. The lowest BCUT2D eigenvalue weighted by atomic mass is 9.52. The Hall–Kier alpha value is -1.71. The van der Waals surface area contributed by atoms with Crippen molar-refractivity contribution in [2.24, 2.45) is 23.2 Å². The zero-order chi connectivity index (χ0) is 18.5. The van der Waals surface area contributed by atoms with Crippen molar-refractivity contribution in [3.8, 4) is 5.75 Å². The highest BCUT2D eigenvalue weighted by atomic mass is 16.6. The first kappa shape index (κ1) is 17.7. The van der Waals surface area contributed by atoms with Gasteiger partial charge in [-0.3, -0.25) is 0 Å². The van der Waals surface area contributed by atoms with Crippen molar-refractivity contribution >= 4 is 6.09 Å². The average molecular weight is 357 g/mol. The van der Waals surface area contributed by atoms with E-state index in [1.54, 1.807) is 7.05 Å². The summed E-state index contributed by atoms with van der Waals surface area (Å²) in [4.78, 5) is 11.8. The summed E-state index contributed by atoms with van der Waals surface area (Å²) in [6, 6.07) is 5.99. The molecule has 0 radical (unpaired) electrons. The molecule has 0 saturated heterocycles. The molecule has 2 saturated carbocycles. The van der Waals surface area contributed by atoms with Crippen LogP contribution in [0.1, 0.15) is 63.0 Å². The molecule has 3 aliphatic carbocycles. The third-order valence-corrected chi connectivity index (χ3v) is 7.78. The summed E-state index contributed by atoms with van der Waals surface area (Å²) >= 11 is 0. The smallest absolute Gasteiger partial charge is 0.407 e. The molecule has 4 rings (SSSR count). The van der Waals surface area contributed by atoms with Gasteiger partial charge in [0, 0.05) is 12.5 Å². The van der Waals surface area contributed by atoms with Crippen LogP contribution in [-0.4, -0.2) is 24.4 Å². The van der Waals surface area contributed by atoms with Crippen LogP contribution in [0.5, 0.6) is 5.75 Å². The number of benzene rings is 1. The Morgan fingerprint density at radius 2 is 2.15 bits per heavy atom. The molecule has 2 N–H and O–H groups in total. The number of nitrogens with one attached hydrogen (secondary N) is 1. The van der Waals surface area contributed by atoms with Gasteiger partial charge in [0.25, 0.3) is 0 Å². The van der Waals surface area contributed by atoms with Gasteiger partial charge < -0.3 is 15.2 Å². The van der Waals surface area contributed by atoms with Gasteiger partial charge in [-0.05, 0) is 79.0 Å². The van der Waals surface area contributed by atoms with Crippen molar-refractivity contribution < 1.29 is 14.6 Å². The molecule has 6 atom stereocenters. The molecule has 1 amide bonds. The van der Waals surface area contributed by atoms with Gasteiger partial charge in [-0.15, -0.1) is 0 Å². The highest BCUT2D eigenvalue weighted by Crippen LogP contribution is 2.63. The number of aromatic hydroxyl groups is 1. The Bertz CT molecular complexity index is 703. The second-order valence-corrected chi connectivity index (χ2v) is 8.81. The number of phenols is 1. The number of fused-ring (bicyclic) bond motifs is 5. The normalized spacial score (nSPS) is 38.0.